The van der Waals surface area contributed by atoms with Crippen molar-refractivity contribution >= 4 is 11.7 Å². The van der Waals surface area contributed by atoms with Crippen molar-refractivity contribution in [2.75, 3.05) is 38.8 Å². The summed E-state index contributed by atoms with van der Waals surface area (Å²) >= 11 is 0. The van der Waals surface area contributed by atoms with Gasteiger partial charge in [-0.2, -0.15) is 18.2 Å². The molecule has 2 aromatic rings. The molecule has 2 heterocycles. The van der Waals surface area contributed by atoms with Crippen LogP contribution in [0.1, 0.15) is 34.6 Å². The van der Waals surface area contributed by atoms with E-state index in [9.17, 15) is 18.0 Å². The van der Waals surface area contributed by atoms with Crippen LogP contribution >= 0.6 is 0 Å². The van der Waals surface area contributed by atoms with Crippen molar-refractivity contribution in [2.45, 2.75) is 26.1 Å². The minimum atomic E-state index is -4.49. The first-order chi connectivity index (χ1) is 14.1. The molecule has 0 bridgehead atoms. The molecule has 0 aliphatic heterocycles. The Morgan fingerprint density at radius 1 is 1.30 bits per heavy atom. The van der Waals surface area contributed by atoms with E-state index in [2.05, 4.69) is 15.3 Å². The van der Waals surface area contributed by atoms with Gasteiger partial charge in [0.2, 0.25) is 5.88 Å². The molecule has 30 heavy (non-hydrogen) atoms. The van der Waals surface area contributed by atoms with Gasteiger partial charge in [0.25, 0.3) is 5.91 Å². The van der Waals surface area contributed by atoms with E-state index in [0.29, 0.717) is 13.2 Å². The number of nitrogens with one attached hydrogen (secondary N) is 1. The van der Waals surface area contributed by atoms with Crippen molar-refractivity contribution in [3.8, 4) is 5.88 Å². The van der Waals surface area contributed by atoms with Crippen LogP contribution in [-0.2, 0) is 4.74 Å². The molecule has 1 unspecified atom stereocenters. The van der Waals surface area contributed by atoms with Crippen LogP contribution in [0.25, 0.3) is 0 Å². The fraction of sp³-hybridized carbons (Fsp3) is 0.450. The van der Waals surface area contributed by atoms with Gasteiger partial charge in [-0.15, -0.1) is 0 Å². The van der Waals surface area contributed by atoms with Crippen LogP contribution in [-0.4, -0.2) is 56.0 Å². The molecule has 0 aromatic carbocycles. The second kappa shape index (κ2) is 10.2. The van der Waals surface area contributed by atoms with Crippen molar-refractivity contribution in [1.29, 1.82) is 0 Å². The minimum Gasteiger partial charge on any atom is -0.468 e. The van der Waals surface area contributed by atoms with Gasteiger partial charge in [0, 0.05) is 38.7 Å². The van der Waals surface area contributed by atoms with E-state index in [-0.39, 0.29) is 23.3 Å². The van der Waals surface area contributed by atoms with E-state index in [1.54, 1.807) is 24.2 Å². The largest absolute Gasteiger partial charge is 0.468 e. The third-order valence-electron chi connectivity index (χ3n) is 4.24. The van der Waals surface area contributed by atoms with Crippen LogP contribution in [0.5, 0.6) is 5.88 Å². The summed E-state index contributed by atoms with van der Waals surface area (Å²) in [5.74, 6) is -0.436. The summed E-state index contributed by atoms with van der Waals surface area (Å²) in [6.45, 7) is 2.94. The predicted molar refractivity (Wildman–Crippen MR) is 106 cm³/mol. The molecule has 0 saturated heterocycles. The van der Waals surface area contributed by atoms with Gasteiger partial charge in [-0.05, 0) is 37.6 Å². The number of aromatic nitrogens is 2. The van der Waals surface area contributed by atoms with Crippen molar-refractivity contribution < 1.29 is 27.4 Å². The summed E-state index contributed by atoms with van der Waals surface area (Å²) < 4.78 is 47.1. The molecule has 164 valence electrons. The Labute approximate surface area is 173 Å². The first kappa shape index (κ1) is 23.4. The summed E-state index contributed by atoms with van der Waals surface area (Å²) in [4.78, 5) is 22.8. The number of hydrogen-bond acceptors (Lipinski definition) is 6. The number of rotatable bonds is 9. The van der Waals surface area contributed by atoms with E-state index in [1.807, 2.05) is 19.9 Å². The SMILES string of the molecule is COCCN(C)c1nc(OCC(F)(F)F)ccc1C(=O)NC(C)c1ccnc(C)c1. The lowest BCUT2D eigenvalue weighted by molar-refractivity contribution is -0.154. The van der Waals surface area contributed by atoms with Gasteiger partial charge in [-0.25, -0.2) is 0 Å². The molecule has 2 aromatic heterocycles. The molecular formula is C20H25F3N4O3. The van der Waals surface area contributed by atoms with E-state index in [0.717, 1.165) is 11.3 Å². The molecule has 0 spiro atoms. The van der Waals surface area contributed by atoms with E-state index in [4.69, 9.17) is 9.47 Å². The highest BCUT2D eigenvalue weighted by Crippen LogP contribution is 2.24. The Balaban J connectivity index is 2.25. The molecular weight excluding hydrogens is 401 g/mol. The number of aryl methyl sites for hydroxylation is 1. The molecule has 1 N–H and O–H groups in total. The molecule has 1 atom stereocenters. The van der Waals surface area contributed by atoms with Crippen LogP contribution < -0.4 is 15.0 Å². The first-order valence-corrected chi connectivity index (χ1v) is 9.25. The second-order valence-corrected chi connectivity index (χ2v) is 6.76. The van der Waals surface area contributed by atoms with Gasteiger partial charge in [-0.3, -0.25) is 9.78 Å². The van der Waals surface area contributed by atoms with Crippen molar-refractivity contribution in [2.24, 2.45) is 0 Å². The highest BCUT2D eigenvalue weighted by atomic mass is 19.4. The van der Waals surface area contributed by atoms with Gasteiger partial charge >= 0.3 is 6.18 Å². The molecule has 10 heteroatoms. The lowest BCUT2D eigenvalue weighted by Crippen LogP contribution is -2.31. The van der Waals surface area contributed by atoms with Crippen LogP contribution in [0, 0.1) is 6.92 Å². The van der Waals surface area contributed by atoms with Crippen LogP contribution in [0.2, 0.25) is 0 Å². The number of nitrogens with zero attached hydrogens (tertiary/aromatic N) is 3. The summed E-state index contributed by atoms with van der Waals surface area (Å²) in [6.07, 6.45) is -2.83. The zero-order chi connectivity index (χ0) is 22.3. The average Bonchev–Trinajstić information content (AvgIpc) is 2.69. The molecule has 0 aliphatic rings. The smallest absolute Gasteiger partial charge is 0.422 e. The number of pyridine rings is 2. The van der Waals surface area contributed by atoms with Gasteiger partial charge < -0.3 is 19.7 Å². The monoisotopic (exact) mass is 426 g/mol. The Hall–Kier alpha value is -2.88. The van der Waals surface area contributed by atoms with Crippen LogP contribution in [0.15, 0.2) is 30.5 Å². The first-order valence-electron chi connectivity index (χ1n) is 9.25. The van der Waals surface area contributed by atoms with Gasteiger partial charge in [0.05, 0.1) is 18.2 Å². The summed E-state index contributed by atoms with van der Waals surface area (Å²) in [5, 5.41) is 2.88. The van der Waals surface area contributed by atoms with E-state index < -0.39 is 18.7 Å². The zero-order valence-corrected chi connectivity index (χ0v) is 17.3. The maximum atomic E-state index is 12.9. The summed E-state index contributed by atoms with van der Waals surface area (Å²) in [5.41, 5.74) is 1.91. The van der Waals surface area contributed by atoms with Crippen LogP contribution in [0.3, 0.4) is 0 Å². The highest BCUT2D eigenvalue weighted by molar-refractivity contribution is 5.99. The number of methoxy groups -OCH3 is 1. The number of halogens is 3. The molecule has 2 rings (SSSR count). The molecule has 0 fully saturated rings. The zero-order valence-electron chi connectivity index (χ0n) is 17.3. The molecule has 0 aliphatic carbocycles. The van der Waals surface area contributed by atoms with Gasteiger partial charge in [0.1, 0.15) is 5.82 Å². The van der Waals surface area contributed by atoms with E-state index >= 15 is 0 Å². The summed E-state index contributed by atoms with van der Waals surface area (Å²) in [6, 6.07) is 6.00. The van der Waals surface area contributed by atoms with Crippen molar-refractivity contribution in [3.63, 3.8) is 0 Å². The molecule has 0 radical (unpaired) electrons. The summed E-state index contributed by atoms with van der Waals surface area (Å²) in [7, 11) is 3.19. The predicted octanol–water partition coefficient (Wildman–Crippen LogP) is 3.30. The van der Waals surface area contributed by atoms with Crippen molar-refractivity contribution in [1.82, 2.24) is 15.3 Å². The number of ether oxygens (including phenoxy) is 2. The number of amides is 1. The van der Waals surface area contributed by atoms with Crippen molar-refractivity contribution in [3.05, 3.63) is 47.3 Å². The Kier molecular flexibility index (Phi) is 7.99. The maximum Gasteiger partial charge on any atom is 0.422 e. The Bertz CT molecular complexity index is 861. The quantitative estimate of drug-likeness (QED) is 0.663. The lowest BCUT2D eigenvalue weighted by atomic mass is 10.1. The Morgan fingerprint density at radius 2 is 2.03 bits per heavy atom. The lowest BCUT2D eigenvalue weighted by Gasteiger charge is -2.22. The third kappa shape index (κ3) is 6.87. The fourth-order valence-corrected chi connectivity index (χ4v) is 2.66. The van der Waals surface area contributed by atoms with Gasteiger partial charge in [0.15, 0.2) is 6.61 Å². The third-order valence-corrected chi connectivity index (χ3v) is 4.24. The molecule has 0 saturated carbocycles. The fourth-order valence-electron chi connectivity index (χ4n) is 2.66. The maximum absolute atomic E-state index is 12.9. The van der Waals surface area contributed by atoms with E-state index in [1.165, 1.54) is 19.2 Å². The number of likely N-dealkylation sites (N-methyl/N-ethyl adjacent to an activating group) is 1. The number of anilines is 1. The normalized spacial score (nSPS) is 12.4. The number of carbonyl (C=O) groups is 1. The van der Waals surface area contributed by atoms with Crippen LogP contribution in [0.4, 0.5) is 19.0 Å². The minimum absolute atomic E-state index is 0.197. The highest BCUT2D eigenvalue weighted by Gasteiger charge is 2.29. The molecule has 7 nitrogen and oxygen atoms in total. The Morgan fingerprint density at radius 3 is 2.67 bits per heavy atom. The number of carbonyl (C=O) groups excluding carboxylic acids is 1. The second-order valence-electron chi connectivity index (χ2n) is 6.76. The number of alkyl halides is 3. The average molecular weight is 426 g/mol. The van der Waals surface area contributed by atoms with Gasteiger partial charge in [-0.1, -0.05) is 0 Å². The number of hydrogen-bond donors (Lipinski definition) is 1. The standard InChI is InChI=1S/C20H25F3N4O3/c1-13-11-15(7-8-24-13)14(2)25-19(28)16-5-6-17(30-12-20(21,22)23)26-18(16)27(3)9-10-29-4/h5-8,11,14H,9-10,12H2,1-4H3,(H,25,28). The topological polar surface area (TPSA) is 76.6 Å². The molecule has 1 amide bonds.